The Morgan fingerprint density at radius 2 is 2.06 bits per heavy atom. The number of carbonyl (C=O) groups is 1. The minimum Gasteiger partial charge on any atom is -0.461 e. The molecule has 3 aliphatic heterocycles. The molecule has 5 heterocycles. The highest BCUT2D eigenvalue weighted by Crippen LogP contribution is 2.41. The van der Waals surface area contributed by atoms with E-state index in [-0.39, 0.29) is 47.3 Å². The number of aromatic nitrogens is 3. The number of ether oxygens (including phenoxy) is 1. The molecule has 3 saturated heterocycles. The molecule has 0 spiro atoms. The van der Waals surface area contributed by atoms with Crippen LogP contribution < -0.4 is 9.64 Å². The molecular formula is C36H35F3N6O2. The van der Waals surface area contributed by atoms with Crippen LogP contribution in [0, 0.1) is 29.9 Å². The Bertz CT molecular complexity index is 1960. The summed E-state index contributed by atoms with van der Waals surface area (Å²) in [7, 11) is 1.84. The molecule has 0 unspecified atom stereocenters. The smallest absolute Gasteiger partial charge is 0.319 e. The van der Waals surface area contributed by atoms with E-state index in [1.807, 2.05) is 18.9 Å². The summed E-state index contributed by atoms with van der Waals surface area (Å²) >= 11 is 0. The van der Waals surface area contributed by atoms with Crippen LogP contribution >= 0.6 is 0 Å². The fraction of sp³-hybridized carbons (Fsp3) is 0.389. The number of amides is 1. The molecule has 0 radical (unpaired) electrons. The Morgan fingerprint density at radius 1 is 1.23 bits per heavy atom. The highest BCUT2D eigenvalue weighted by molar-refractivity contribution is 6.02. The second-order valence-corrected chi connectivity index (χ2v) is 13.0. The van der Waals surface area contributed by atoms with E-state index in [1.165, 1.54) is 18.3 Å². The second-order valence-electron chi connectivity index (χ2n) is 13.0. The predicted molar refractivity (Wildman–Crippen MR) is 175 cm³/mol. The monoisotopic (exact) mass is 640 g/mol. The summed E-state index contributed by atoms with van der Waals surface area (Å²) in [5.74, 6) is 1.37. The van der Waals surface area contributed by atoms with Crippen LogP contribution in [0.2, 0.25) is 0 Å². The third kappa shape index (κ3) is 5.15. The number of hydrogen-bond donors (Lipinski definition) is 0. The molecule has 242 valence electrons. The van der Waals surface area contributed by atoms with Gasteiger partial charge in [0, 0.05) is 50.2 Å². The van der Waals surface area contributed by atoms with Gasteiger partial charge in [0.1, 0.15) is 35.6 Å². The van der Waals surface area contributed by atoms with Gasteiger partial charge in [0.15, 0.2) is 5.82 Å². The summed E-state index contributed by atoms with van der Waals surface area (Å²) < 4.78 is 52.4. The lowest BCUT2D eigenvalue weighted by atomic mass is 9.95. The number of likely N-dealkylation sites (N-methyl/N-ethyl adjacent to an activating group) is 1. The average Bonchev–Trinajstić information content (AvgIpc) is 3.74. The average molecular weight is 641 g/mol. The molecule has 3 fully saturated rings. The maximum atomic E-state index is 16.8. The van der Waals surface area contributed by atoms with Gasteiger partial charge < -0.3 is 14.5 Å². The van der Waals surface area contributed by atoms with Gasteiger partial charge in [-0.15, -0.1) is 6.42 Å². The summed E-state index contributed by atoms with van der Waals surface area (Å²) in [6.07, 6.45) is 9.65. The normalized spacial score (nSPS) is 24.1. The van der Waals surface area contributed by atoms with Crippen LogP contribution in [0.5, 0.6) is 6.01 Å². The predicted octanol–water partition coefficient (Wildman–Crippen LogP) is 5.53. The van der Waals surface area contributed by atoms with Crippen molar-refractivity contribution in [3.05, 3.63) is 66.4 Å². The van der Waals surface area contributed by atoms with Crippen LogP contribution in [0.25, 0.3) is 32.9 Å². The van der Waals surface area contributed by atoms with Crippen molar-refractivity contribution in [2.75, 3.05) is 44.7 Å². The van der Waals surface area contributed by atoms with Crippen LogP contribution in [0.4, 0.5) is 19.0 Å². The zero-order valence-electron chi connectivity index (χ0n) is 26.3. The van der Waals surface area contributed by atoms with Crippen molar-refractivity contribution in [3.8, 4) is 29.6 Å². The second kappa shape index (κ2) is 11.8. The lowest BCUT2D eigenvalue weighted by molar-refractivity contribution is -0.125. The fourth-order valence-electron chi connectivity index (χ4n) is 7.80. The molecule has 0 aliphatic carbocycles. The molecule has 4 aromatic rings. The maximum Gasteiger partial charge on any atom is 0.319 e. The quantitative estimate of drug-likeness (QED) is 0.194. The standard InChI is InChI=1S/C36H35F3N6O2/c1-5-24-27(38)12-11-22-9-7-10-25(30(22)24)32-31(39)33-26(16-40-32)34(43(4)28-19-44(17-21(28)3)29(46)6-2)42-35(41-33)47-20-36-13-8-14-45(36)18-23(37)15-36/h1,6-7,9-12,16,21,23,28H,2,8,13-15,17-20H2,3-4H3/t21-,23-,28+,36+/m1/s1. The molecule has 7 rings (SSSR count). The van der Waals surface area contributed by atoms with E-state index in [0.29, 0.717) is 53.6 Å². The molecule has 3 aliphatic rings. The zero-order valence-corrected chi connectivity index (χ0v) is 26.3. The van der Waals surface area contributed by atoms with E-state index in [0.717, 1.165) is 19.4 Å². The Balaban J connectivity index is 1.36. The van der Waals surface area contributed by atoms with Crippen LogP contribution in [-0.4, -0.2) is 88.2 Å². The molecule has 4 atom stereocenters. The minimum atomic E-state index is -0.937. The van der Waals surface area contributed by atoms with Crippen LogP contribution in [-0.2, 0) is 4.79 Å². The Hall–Kier alpha value is -4.69. The maximum absolute atomic E-state index is 16.8. The summed E-state index contributed by atoms with van der Waals surface area (Å²) in [4.78, 5) is 32.1. The van der Waals surface area contributed by atoms with Crippen LogP contribution in [0.15, 0.2) is 49.2 Å². The SMILES string of the molecule is C#Cc1c(F)ccc2cccc(-c3ncc4c(N(C)[C@H]5CN(C(=O)C=C)C[C@H]5C)nc(OC[C@@]56CCCN5C[C@H](F)C6)nc4c3F)c12. The topological polar surface area (TPSA) is 74.7 Å². The first-order chi connectivity index (χ1) is 22.6. The molecular weight excluding hydrogens is 605 g/mol. The first-order valence-electron chi connectivity index (χ1n) is 15.8. The molecule has 11 heteroatoms. The first kappa shape index (κ1) is 30.9. The van der Waals surface area contributed by atoms with Crippen molar-refractivity contribution in [3.63, 3.8) is 0 Å². The third-order valence-corrected chi connectivity index (χ3v) is 10.2. The number of anilines is 1. The number of carbonyl (C=O) groups excluding carboxylic acids is 1. The number of terminal acetylenes is 1. The van der Waals surface area contributed by atoms with Gasteiger partial charge >= 0.3 is 6.01 Å². The van der Waals surface area contributed by atoms with Crippen LogP contribution in [0.1, 0.15) is 31.7 Å². The van der Waals surface area contributed by atoms with E-state index in [4.69, 9.17) is 16.1 Å². The Kier molecular flexibility index (Phi) is 7.79. The van der Waals surface area contributed by atoms with Gasteiger partial charge in [-0.25, -0.2) is 13.2 Å². The van der Waals surface area contributed by atoms with E-state index < -0.39 is 23.3 Å². The molecule has 1 amide bonds. The zero-order chi connectivity index (χ0) is 33.0. The largest absolute Gasteiger partial charge is 0.461 e. The van der Waals surface area contributed by atoms with Crippen molar-refractivity contribution in [2.45, 2.75) is 43.9 Å². The molecule has 2 aromatic heterocycles. The fourth-order valence-corrected chi connectivity index (χ4v) is 7.80. The number of rotatable bonds is 7. The third-order valence-electron chi connectivity index (χ3n) is 10.2. The van der Waals surface area contributed by atoms with Gasteiger partial charge in [-0.2, -0.15) is 9.97 Å². The highest BCUT2D eigenvalue weighted by Gasteiger charge is 2.49. The lowest BCUT2D eigenvalue weighted by Crippen LogP contribution is -2.43. The molecule has 8 nitrogen and oxygen atoms in total. The van der Waals surface area contributed by atoms with Gasteiger partial charge in [-0.05, 0) is 42.8 Å². The van der Waals surface area contributed by atoms with Crippen molar-refractivity contribution in [1.82, 2.24) is 24.8 Å². The van der Waals surface area contributed by atoms with E-state index in [9.17, 15) is 13.6 Å². The van der Waals surface area contributed by atoms with Crippen molar-refractivity contribution < 1.29 is 22.7 Å². The minimum absolute atomic E-state index is 0.0171. The summed E-state index contributed by atoms with van der Waals surface area (Å²) in [6, 6.07) is 7.85. The van der Waals surface area contributed by atoms with Gasteiger partial charge in [-0.1, -0.05) is 43.7 Å². The number of hydrogen-bond acceptors (Lipinski definition) is 7. The first-order valence-corrected chi connectivity index (χ1v) is 15.8. The van der Waals surface area contributed by atoms with E-state index in [2.05, 4.69) is 27.4 Å². The van der Waals surface area contributed by atoms with Crippen molar-refractivity contribution >= 4 is 33.4 Å². The number of halogens is 3. The van der Waals surface area contributed by atoms with Crippen LogP contribution in [0.3, 0.4) is 0 Å². The van der Waals surface area contributed by atoms with Gasteiger partial charge in [-0.3, -0.25) is 14.7 Å². The summed E-state index contributed by atoms with van der Waals surface area (Å²) in [6.45, 7) is 7.93. The molecule has 0 saturated carbocycles. The lowest BCUT2D eigenvalue weighted by Gasteiger charge is -2.31. The molecule has 0 bridgehead atoms. The van der Waals surface area contributed by atoms with E-state index in [1.54, 1.807) is 29.2 Å². The Labute approximate surface area is 271 Å². The Morgan fingerprint density at radius 3 is 2.85 bits per heavy atom. The number of alkyl halides is 1. The van der Waals surface area contributed by atoms with Gasteiger partial charge in [0.05, 0.1) is 22.5 Å². The number of fused-ring (bicyclic) bond motifs is 3. The van der Waals surface area contributed by atoms with Gasteiger partial charge in [0.25, 0.3) is 0 Å². The summed E-state index contributed by atoms with van der Waals surface area (Å²) in [5, 5.41) is 1.36. The van der Waals surface area contributed by atoms with Crippen molar-refractivity contribution in [2.24, 2.45) is 5.92 Å². The number of pyridine rings is 1. The van der Waals surface area contributed by atoms with E-state index >= 15 is 4.39 Å². The molecule has 47 heavy (non-hydrogen) atoms. The number of benzene rings is 2. The number of nitrogens with zero attached hydrogens (tertiary/aromatic N) is 6. The highest BCUT2D eigenvalue weighted by atomic mass is 19.1. The summed E-state index contributed by atoms with van der Waals surface area (Å²) in [5.41, 5.74) is -0.192. The molecule has 0 N–H and O–H groups in total. The van der Waals surface area contributed by atoms with Crippen molar-refractivity contribution in [1.29, 1.82) is 0 Å². The van der Waals surface area contributed by atoms with Gasteiger partial charge in [0.2, 0.25) is 5.91 Å². The number of likely N-dealkylation sites (tertiary alicyclic amines) is 1. The molecule has 2 aromatic carbocycles.